The Kier molecular flexibility index (Phi) is 5.65. The zero-order chi connectivity index (χ0) is 22.1. The van der Waals surface area contributed by atoms with E-state index < -0.39 is 5.97 Å². The predicted octanol–water partition coefficient (Wildman–Crippen LogP) is 3.47. The molecule has 0 spiro atoms. The van der Waals surface area contributed by atoms with Gasteiger partial charge in [-0.2, -0.15) is 4.98 Å². The zero-order valence-electron chi connectivity index (χ0n) is 18.3. The third-order valence-electron chi connectivity index (χ3n) is 6.38. The van der Waals surface area contributed by atoms with Gasteiger partial charge in [0.05, 0.1) is 17.6 Å². The summed E-state index contributed by atoms with van der Waals surface area (Å²) in [6.45, 7) is 4.19. The maximum absolute atomic E-state index is 11.4. The minimum atomic E-state index is -1.00. The quantitative estimate of drug-likeness (QED) is 0.397. The number of carboxylic acid groups (broad SMARTS) is 1. The molecule has 0 aliphatic carbocycles. The Balaban J connectivity index is 1.36. The molecular weight excluding hydrogens is 406 g/mol. The lowest BCUT2D eigenvalue weighted by Gasteiger charge is -2.34. The molecule has 5 heterocycles. The first kappa shape index (κ1) is 20.7. The van der Waals surface area contributed by atoms with E-state index in [1.54, 1.807) is 6.07 Å². The van der Waals surface area contributed by atoms with Gasteiger partial charge in [-0.05, 0) is 43.9 Å². The van der Waals surface area contributed by atoms with E-state index in [0.717, 1.165) is 55.5 Å². The number of carboxylic acids is 1. The SMILES string of the molecule is CCCCCc1nc(Nc2ccc(N3CC4CCC(C3)N4)cn2)nc2[nH]c(C(=O)O)cc12. The molecule has 2 unspecified atom stereocenters. The van der Waals surface area contributed by atoms with E-state index in [1.165, 1.54) is 12.8 Å². The molecule has 9 nitrogen and oxygen atoms in total. The third kappa shape index (κ3) is 4.25. The normalized spacial score (nSPS) is 20.1. The number of unbranched alkanes of at least 4 members (excludes halogenated alkanes) is 2. The molecule has 0 saturated carbocycles. The topological polar surface area (TPSA) is 119 Å². The molecule has 0 aromatic carbocycles. The maximum atomic E-state index is 11.4. The summed E-state index contributed by atoms with van der Waals surface area (Å²) in [6, 6.07) is 6.80. The summed E-state index contributed by atoms with van der Waals surface area (Å²) in [5, 5.41) is 17.0. The monoisotopic (exact) mass is 435 g/mol. The van der Waals surface area contributed by atoms with Crippen LogP contribution in [0.4, 0.5) is 17.5 Å². The first-order valence-corrected chi connectivity index (χ1v) is 11.5. The molecular formula is C23H29N7O2. The molecule has 3 aromatic rings. The zero-order valence-corrected chi connectivity index (χ0v) is 18.3. The summed E-state index contributed by atoms with van der Waals surface area (Å²) >= 11 is 0. The smallest absolute Gasteiger partial charge is 0.352 e. The van der Waals surface area contributed by atoms with Crippen LogP contribution in [0.25, 0.3) is 11.0 Å². The molecule has 9 heteroatoms. The second-order valence-corrected chi connectivity index (χ2v) is 8.77. The number of aromatic nitrogens is 4. The van der Waals surface area contributed by atoms with Crippen molar-refractivity contribution in [1.29, 1.82) is 0 Å². The Morgan fingerprint density at radius 1 is 1.22 bits per heavy atom. The number of fused-ring (bicyclic) bond motifs is 3. The van der Waals surface area contributed by atoms with Crippen LogP contribution in [0.3, 0.4) is 0 Å². The molecule has 168 valence electrons. The highest BCUT2D eigenvalue weighted by Crippen LogP contribution is 2.26. The number of piperazine rings is 1. The Hall–Kier alpha value is -3.20. The summed E-state index contributed by atoms with van der Waals surface area (Å²) in [6.07, 6.45) is 8.36. The Morgan fingerprint density at radius 2 is 2.03 bits per heavy atom. The second kappa shape index (κ2) is 8.74. The molecule has 2 saturated heterocycles. The lowest BCUT2D eigenvalue weighted by Crippen LogP contribution is -2.51. The number of anilines is 3. The number of nitrogens with zero attached hydrogens (tertiary/aromatic N) is 4. The number of aromatic carboxylic acids is 1. The largest absolute Gasteiger partial charge is 0.477 e. The van der Waals surface area contributed by atoms with E-state index in [9.17, 15) is 9.90 Å². The third-order valence-corrected chi connectivity index (χ3v) is 6.38. The predicted molar refractivity (Wildman–Crippen MR) is 124 cm³/mol. The Labute approximate surface area is 186 Å². The minimum absolute atomic E-state index is 0.121. The van der Waals surface area contributed by atoms with Gasteiger partial charge in [0.2, 0.25) is 5.95 Å². The Bertz CT molecular complexity index is 1100. The molecule has 0 amide bonds. The first-order valence-electron chi connectivity index (χ1n) is 11.5. The van der Waals surface area contributed by atoms with Gasteiger partial charge in [0.25, 0.3) is 0 Å². The number of pyridine rings is 1. The number of aryl methyl sites for hydroxylation is 1. The van der Waals surface area contributed by atoms with Crippen LogP contribution in [-0.2, 0) is 6.42 Å². The van der Waals surface area contributed by atoms with Crippen molar-refractivity contribution < 1.29 is 9.90 Å². The van der Waals surface area contributed by atoms with Crippen LogP contribution in [0.1, 0.15) is 55.2 Å². The molecule has 5 rings (SSSR count). The fourth-order valence-corrected chi connectivity index (χ4v) is 4.74. The lowest BCUT2D eigenvalue weighted by atomic mass is 10.1. The van der Waals surface area contributed by atoms with E-state index in [1.807, 2.05) is 12.3 Å². The van der Waals surface area contributed by atoms with E-state index >= 15 is 0 Å². The molecule has 3 aromatic heterocycles. The van der Waals surface area contributed by atoms with Gasteiger partial charge < -0.3 is 25.6 Å². The van der Waals surface area contributed by atoms with Crippen LogP contribution in [0.2, 0.25) is 0 Å². The van der Waals surface area contributed by atoms with Crippen LogP contribution in [-0.4, -0.2) is 56.2 Å². The highest BCUT2D eigenvalue weighted by Gasteiger charge is 2.32. The summed E-state index contributed by atoms with van der Waals surface area (Å²) in [5.41, 5.74) is 2.62. The molecule has 32 heavy (non-hydrogen) atoms. The van der Waals surface area contributed by atoms with Crippen molar-refractivity contribution in [2.75, 3.05) is 23.3 Å². The lowest BCUT2D eigenvalue weighted by molar-refractivity contribution is 0.0691. The Morgan fingerprint density at radius 3 is 2.72 bits per heavy atom. The van der Waals surface area contributed by atoms with Crippen molar-refractivity contribution in [3.63, 3.8) is 0 Å². The molecule has 2 bridgehead atoms. The second-order valence-electron chi connectivity index (χ2n) is 8.77. The average molecular weight is 436 g/mol. The van der Waals surface area contributed by atoms with Crippen molar-refractivity contribution in [2.45, 2.75) is 57.5 Å². The average Bonchev–Trinajstić information content (AvgIpc) is 3.37. The van der Waals surface area contributed by atoms with E-state index in [4.69, 9.17) is 0 Å². The number of rotatable bonds is 8. The van der Waals surface area contributed by atoms with Gasteiger partial charge in [0.1, 0.15) is 17.2 Å². The van der Waals surface area contributed by atoms with Gasteiger partial charge in [0.15, 0.2) is 0 Å². The van der Waals surface area contributed by atoms with Gasteiger partial charge in [0, 0.05) is 30.6 Å². The van der Waals surface area contributed by atoms with Crippen molar-refractivity contribution in [1.82, 2.24) is 25.3 Å². The molecule has 2 aliphatic heterocycles. The van der Waals surface area contributed by atoms with Gasteiger partial charge in [-0.3, -0.25) is 0 Å². The highest BCUT2D eigenvalue weighted by molar-refractivity contribution is 5.93. The van der Waals surface area contributed by atoms with Gasteiger partial charge in [-0.15, -0.1) is 0 Å². The van der Waals surface area contributed by atoms with E-state index in [0.29, 0.717) is 29.5 Å². The van der Waals surface area contributed by atoms with Gasteiger partial charge in [-0.25, -0.2) is 14.8 Å². The summed E-state index contributed by atoms with van der Waals surface area (Å²) in [4.78, 5) is 30.5. The number of aromatic amines is 1. The summed E-state index contributed by atoms with van der Waals surface area (Å²) < 4.78 is 0. The molecule has 2 atom stereocenters. The van der Waals surface area contributed by atoms with Crippen LogP contribution < -0.4 is 15.5 Å². The van der Waals surface area contributed by atoms with Gasteiger partial charge in [-0.1, -0.05) is 19.8 Å². The van der Waals surface area contributed by atoms with Crippen molar-refractivity contribution in [2.24, 2.45) is 0 Å². The first-order chi connectivity index (χ1) is 15.6. The van der Waals surface area contributed by atoms with Crippen molar-refractivity contribution in [3.05, 3.63) is 35.8 Å². The maximum Gasteiger partial charge on any atom is 0.352 e. The van der Waals surface area contributed by atoms with Crippen molar-refractivity contribution in [3.8, 4) is 0 Å². The van der Waals surface area contributed by atoms with E-state index in [2.05, 4.69) is 48.5 Å². The van der Waals surface area contributed by atoms with Crippen LogP contribution in [0.15, 0.2) is 24.4 Å². The standard InChI is InChI=1S/C23H29N7O2/c1-2-3-4-5-18-17-10-19(22(31)32)26-21(17)29-23(27-18)28-20-9-8-16(11-24-20)30-12-14-6-7-15(13-30)25-14/h8-11,14-15,25H,2-7,12-13H2,1H3,(H,31,32)(H2,24,26,27,28,29). The number of hydrogen-bond donors (Lipinski definition) is 4. The molecule has 0 radical (unpaired) electrons. The van der Waals surface area contributed by atoms with Crippen LogP contribution >= 0.6 is 0 Å². The van der Waals surface area contributed by atoms with Crippen molar-refractivity contribution >= 4 is 34.5 Å². The molecule has 2 fully saturated rings. The van der Waals surface area contributed by atoms with Crippen LogP contribution in [0.5, 0.6) is 0 Å². The fraction of sp³-hybridized carbons (Fsp3) is 0.478. The number of nitrogens with one attached hydrogen (secondary N) is 3. The fourth-order valence-electron chi connectivity index (χ4n) is 4.74. The number of hydrogen-bond acceptors (Lipinski definition) is 7. The highest BCUT2D eigenvalue weighted by atomic mass is 16.4. The van der Waals surface area contributed by atoms with E-state index in [-0.39, 0.29) is 5.69 Å². The molecule has 4 N–H and O–H groups in total. The van der Waals surface area contributed by atoms with Gasteiger partial charge >= 0.3 is 5.97 Å². The number of carbonyl (C=O) groups is 1. The number of H-pyrrole nitrogens is 1. The summed E-state index contributed by atoms with van der Waals surface area (Å²) in [7, 11) is 0. The van der Waals surface area contributed by atoms with Crippen LogP contribution in [0, 0.1) is 0 Å². The molecule has 2 aliphatic rings. The minimum Gasteiger partial charge on any atom is -0.477 e. The summed E-state index contributed by atoms with van der Waals surface area (Å²) in [5.74, 6) is 0.0783.